The van der Waals surface area contributed by atoms with Gasteiger partial charge in [0.1, 0.15) is 0 Å². The number of benzene rings is 1. The second-order valence-electron chi connectivity index (χ2n) is 11.6. The molecule has 1 aromatic carbocycles. The SMILES string of the molecule is Cc1ccccc1NC(=O)ON1CCC(Nc2nc(N[C@H]3CC[C@H](N)CC3)nc3c2ncn3C2CCCC2)CC1. The molecular weight excluding hydrogens is 506 g/mol. The van der Waals surface area contributed by atoms with Crippen LogP contribution in [0.4, 0.5) is 22.2 Å². The van der Waals surface area contributed by atoms with E-state index in [2.05, 4.69) is 20.5 Å². The Morgan fingerprint density at radius 3 is 2.42 bits per heavy atom. The highest BCUT2D eigenvalue weighted by Gasteiger charge is 2.27. The Morgan fingerprint density at radius 2 is 1.68 bits per heavy atom. The zero-order valence-corrected chi connectivity index (χ0v) is 23.3. The quantitative estimate of drug-likeness (QED) is 0.323. The first kappa shape index (κ1) is 26.8. The second kappa shape index (κ2) is 12.0. The number of carbonyl (C=O) groups excluding carboxylic acids is 1. The standard InChI is InChI=1S/C29H41N9O2/c1-19-6-2-5-9-24(19)34-29(39)40-37-16-14-22(15-17-37)32-26-25-27(38(18-31-25)23-7-3-4-8-23)36-28(35-26)33-21-12-10-20(30)11-13-21/h2,5-6,9,18,20-23H,3-4,7-8,10-17,30H2,1H3,(H,34,39)(H2,32,33,35,36)/t20-,21-. The summed E-state index contributed by atoms with van der Waals surface area (Å²) in [5.41, 5.74) is 9.60. The van der Waals surface area contributed by atoms with E-state index in [1.165, 1.54) is 12.8 Å². The average Bonchev–Trinajstić information content (AvgIpc) is 3.63. The third kappa shape index (κ3) is 6.15. The summed E-state index contributed by atoms with van der Waals surface area (Å²) in [7, 11) is 0. The number of fused-ring (bicyclic) bond motifs is 1. The van der Waals surface area contributed by atoms with Crippen molar-refractivity contribution in [2.24, 2.45) is 5.73 Å². The van der Waals surface area contributed by atoms with Gasteiger partial charge in [0.25, 0.3) is 0 Å². The predicted octanol–water partition coefficient (Wildman–Crippen LogP) is 4.97. The third-order valence-electron chi connectivity index (χ3n) is 8.63. The summed E-state index contributed by atoms with van der Waals surface area (Å²) in [5, 5.41) is 11.8. The van der Waals surface area contributed by atoms with Gasteiger partial charge in [-0.3, -0.25) is 5.32 Å². The molecule has 2 aliphatic carbocycles. The summed E-state index contributed by atoms with van der Waals surface area (Å²) in [6.45, 7) is 3.23. The molecule has 3 fully saturated rings. The monoisotopic (exact) mass is 547 g/mol. The van der Waals surface area contributed by atoms with E-state index in [-0.39, 0.29) is 6.04 Å². The number of rotatable bonds is 7. The van der Waals surface area contributed by atoms with Crippen molar-refractivity contribution in [3.05, 3.63) is 36.2 Å². The number of para-hydroxylation sites is 1. The first-order valence-electron chi connectivity index (χ1n) is 14.8. The number of piperidine rings is 1. The maximum atomic E-state index is 12.5. The number of nitrogens with one attached hydrogen (secondary N) is 3. The number of hydrogen-bond acceptors (Lipinski definition) is 9. The van der Waals surface area contributed by atoms with E-state index >= 15 is 0 Å². The number of hydroxylamine groups is 2. The van der Waals surface area contributed by atoms with Crippen molar-refractivity contribution in [3.63, 3.8) is 0 Å². The molecule has 11 nitrogen and oxygen atoms in total. The number of carbonyl (C=O) groups is 1. The Morgan fingerprint density at radius 1 is 0.950 bits per heavy atom. The van der Waals surface area contributed by atoms with Crippen molar-refractivity contribution in [2.75, 3.05) is 29.0 Å². The van der Waals surface area contributed by atoms with Crippen LogP contribution in [0.25, 0.3) is 11.2 Å². The van der Waals surface area contributed by atoms with Crippen LogP contribution in [0.1, 0.15) is 75.8 Å². The van der Waals surface area contributed by atoms with Crippen LogP contribution in [0.2, 0.25) is 0 Å². The lowest BCUT2D eigenvalue weighted by atomic mass is 9.92. The minimum absolute atomic E-state index is 0.189. The van der Waals surface area contributed by atoms with Crippen molar-refractivity contribution >= 4 is 34.7 Å². The lowest BCUT2D eigenvalue weighted by Crippen LogP contribution is -2.41. The summed E-state index contributed by atoms with van der Waals surface area (Å²) in [5.74, 6) is 1.43. The van der Waals surface area contributed by atoms with Crippen LogP contribution in [0, 0.1) is 6.92 Å². The van der Waals surface area contributed by atoms with E-state index in [4.69, 9.17) is 25.5 Å². The smallest absolute Gasteiger partial charge is 0.365 e. The van der Waals surface area contributed by atoms with Crippen molar-refractivity contribution in [2.45, 2.75) is 95.3 Å². The summed E-state index contributed by atoms with van der Waals surface area (Å²) in [6.07, 6.45) is 12.0. The number of anilines is 3. The molecular formula is C29H41N9O2. The lowest BCUT2D eigenvalue weighted by molar-refractivity contribution is -0.107. The second-order valence-corrected chi connectivity index (χ2v) is 11.6. The minimum atomic E-state index is -0.463. The van der Waals surface area contributed by atoms with Crippen molar-refractivity contribution in [3.8, 4) is 0 Å². The van der Waals surface area contributed by atoms with Gasteiger partial charge in [-0.15, -0.1) is 5.06 Å². The Balaban J connectivity index is 1.12. The van der Waals surface area contributed by atoms with Crippen molar-refractivity contribution < 1.29 is 9.63 Å². The van der Waals surface area contributed by atoms with Crippen LogP contribution in [0.5, 0.6) is 0 Å². The topological polar surface area (TPSA) is 135 Å². The van der Waals surface area contributed by atoms with Crippen LogP contribution in [-0.2, 0) is 4.84 Å². The molecule has 2 saturated carbocycles. The number of hydrogen-bond donors (Lipinski definition) is 4. The first-order chi connectivity index (χ1) is 19.5. The van der Waals surface area contributed by atoms with Crippen LogP contribution in [-0.4, -0.2) is 61.9 Å². The van der Waals surface area contributed by atoms with Gasteiger partial charge in [0.15, 0.2) is 17.0 Å². The Labute approximate surface area is 235 Å². The number of nitrogens with zero attached hydrogens (tertiary/aromatic N) is 5. The Bertz CT molecular complexity index is 1310. The fourth-order valence-electron chi connectivity index (χ4n) is 6.23. The number of nitrogens with two attached hydrogens (primary N) is 1. The molecule has 0 unspecified atom stereocenters. The number of aryl methyl sites for hydroxylation is 1. The number of imidazole rings is 1. The molecule has 1 saturated heterocycles. The fraction of sp³-hybridized carbons (Fsp3) is 0.586. The largest absolute Gasteiger partial charge is 0.430 e. The molecule has 5 N–H and O–H groups in total. The van der Waals surface area contributed by atoms with Crippen LogP contribution < -0.4 is 21.7 Å². The highest BCUT2D eigenvalue weighted by atomic mass is 16.7. The molecule has 40 heavy (non-hydrogen) atoms. The normalized spacial score (nSPS) is 22.9. The molecule has 0 bridgehead atoms. The number of amides is 1. The molecule has 3 aromatic rings. The average molecular weight is 548 g/mol. The molecule has 1 amide bonds. The maximum absolute atomic E-state index is 12.5. The van der Waals surface area contributed by atoms with Gasteiger partial charge in [0.2, 0.25) is 5.95 Å². The van der Waals surface area contributed by atoms with E-state index in [9.17, 15) is 4.79 Å². The van der Waals surface area contributed by atoms with Gasteiger partial charge in [-0.25, -0.2) is 9.78 Å². The van der Waals surface area contributed by atoms with Crippen LogP contribution in [0.3, 0.4) is 0 Å². The van der Waals surface area contributed by atoms with E-state index < -0.39 is 6.09 Å². The molecule has 0 radical (unpaired) electrons. The van der Waals surface area contributed by atoms with Crippen LogP contribution in [0.15, 0.2) is 30.6 Å². The molecule has 3 heterocycles. The molecule has 0 spiro atoms. The minimum Gasteiger partial charge on any atom is -0.365 e. The highest BCUT2D eigenvalue weighted by Crippen LogP contribution is 2.34. The van der Waals surface area contributed by atoms with Gasteiger partial charge in [0.05, 0.1) is 6.33 Å². The van der Waals surface area contributed by atoms with Crippen molar-refractivity contribution in [1.29, 1.82) is 0 Å². The number of aromatic nitrogens is 4. The third-order valence-corrected chi connectivity index (χ3v) is 8.63. The molecule has 6 rings (SSSR count). The van der Waals surface area contributed by atoms with E-state index in [0.717, 1.165) is 79.6 Å². The van der Waals surface area contributed by atoms with Gasteiger partial charge < -0.3 is 25.8 Å². The molecule has 11 heteroatoms. The van der Waals surface area contributed by atoms with E-state index in [1.807, 2.05) is 37.5 Å². The predicted molar refractivity (Wildman–Crippen MR) is 156 cm³/mol. The van der Waals surface area contributed by atoms with Crippen LogP contribution >= 0.6 is 0 Å². The Kier molecular flexibility index (Phi) is 8.01. The molecule has 214 valence electrons. The van der Waals surface area contributed by atoms with Gasteiger partial charge in [-0.2, -0.15) is 9.97 Å². The summed E-state index contributed by atoms with van der Waals surface area (Å²) < 4.78 is 2.25. The maximum Gasteiger partial charge on any atom is 0.430 e. The molecule has 2 aromatic heterocycles. The zero-order valence-electron chi connectivity index (χ0n) is 23.3. The fourth-order valence-corrected chi connectivity index (χ4v) is 6.23. The molecule has 1 aliphatic heterocycles. The lowest BCUT2D eigenvalue weighted by Gasteiger charge is -2.31. The highest BCUT2D eigenvalue weighted by molar-refractivity contribution is 5.85. The van der Waals surface area contributed by atoms with Gasteiger partial charge in [0, 0.05) is 42.9 Å². The van der Waals surface area contributed by atoms with Gasteiger partial charge in [-0.05, 0) is 69.9 Å². The summed E-state index contributed by atoms with van der Waals surface area (Å²) in [6, 6.07) is 8.93. The van der Waals surface area contributed by atoms with E-state index in [0.29, 0.717) is 37.2 Å². The zero-order chi connectivity index (χ0) is 27.5. The summed E-state index contributed by atoms with van der Waals surface area (Å²) in [4.78, 5) is 32.7. The summed E-state index contributed by atoms with van der Waals surface area (Å²) >= 11 is 0. The van der Waals surface area contributed by atoms with Gasteiger partial charge >= 0.3 is 6.09 Å². The van der Waals surface area contributed by atoms with Crippen molar-refractivity contribution in [1.82, 2.24) is 24.6 Å². The Hall–Kier alpha value is -3.44. The molecule has 3 aliphatic rings. The van der Waals surface area contributed by atoms with E-state index in [1.54, 1.807) is 5.06 Å². The molecule has 0 atom stereocenters. The van der Waals surface area contributed by atoms with Gasteiger partial charge in [-0.1, -0.05) is 31.0 Å². The first-order valence-corrected chi connectivity index (χ1v) is 14.8.